The van der Waals surface area contributed by atoms with Gasteiger partial charge in [0.25, 0.3) is 0 Å². The summed E-state index contributed by atoms with van der Waals surface area (Å²) in [6.45, 7) is 7.73. The fourth-order valence-electron chi connectivity index (χ4n) is 3.97. The predicted octanol–water partition coefficient (Wildman–Crippen LogP) is 1.94. The SMILES string of the molecule is COC1CCN(C2CCN(C(=O)Cc3c(C)noc3C)CC2)CC1. The minimum Gasteiger partial charge on any atom is -0.381 e. The van der Waals surface area contributed by atoms with Crippen LogP contribution in [0.5, 0.6) is 0 Å². The van der Waals surface area contributed by atoms with Gasteiger partial charge >= 0.3 is 0 Å². The maximum Gasteiger partial charge on any atom is 0.227 e. The lowest BCUT2D eigenvalue weighted by Gasteiger charge is -2.41. The second kappa shape index (κ2) is 7.66. The van der Waals surface area contributed by atoms with Crippen molar-refractivity contribution in [2.45, 2.75) is 58.1 Å². The lowest BCUT2D eigenvalue weighted by atomic mass is 9.98. The fourth-order valence-corrected chi connectivity index (χ4v) is 3.97. The molecule has 0 spiro atoms. The molecule has 2 fully saturated rings. The monoisotopic (exact) mass is 335 g/mol. The number of nitrogens with zero attached hydrogens (tertiary/aromatic N) is 3. The smallest absolute Gasteiger partial charge is 0.227 e. The molecular weight excluding hydrogens is 306 g/mol. The van der Waals surface area contributed by atoms with Crippen LogP contribution in [0.1, 0.15) is 42.7 Å². The first-order chi connectivity index (χ1) is 11.6. The highest BCUT2D eigenvalue weighted by Gasteiger charge is 2.30. The van der Waals surface area contributed by atoms with E-state index in [4.69, 9.17) is 9.26 Å². The summed E-state index contributed by atoms with van der Waals surface area (Å²) in [6, 6.07) is 0.617. The molecule has 2 saturated heterocycles. The number of hydrogen-bond acceptors (Lipinski definition) is 5. The van der Waals surface area contributed by atoms with Crippen LogP contribution < -0.4 is 0 Å². The topological polar surface area (TPSA) is 58.8 Å². The third-order valence-electron chi connectivity index (χ3n) is 5.65. The van der Waals surface area contributed by atoms with Crippen molar-refractivity contribution < 1.29 is 14.1 Å². The summed E-state index contributed by atoms with van der Waals surface area (Å²) in [5.74, 6) is 0.956. The molecule has 0 radical (unpaired) electrons. The van der Waals surface area contributed by atoms with Gasteiger partial charge in [0.15, 0.2) is 0 Å². The minimum absolute atomic E-state index is 0.195. The lowest BCUT2D eigenvalue weighted by molar-refractivity contribution is -0.132. The predicted molar refractivity (Wildman–Crippen MR) is 90.9 cm³/mol. The summed E-state index contributed by atoms with van der Waals surface area (Å²) < 4.78 is 10.6. The van der Waals surface area contributed by atoms with Gasteiger partial charge in [-0.2, -0.15) is 0 Å². The number of piperidine rings is 2. The highest BCUT2D eigenvalue weighted by atomic mass is 16.5. The third-order valence-corrected chi connectivity index (χ3v) is 5.65. The zero-order valence-electron chi connectivity index (χ0n) is 15.1. The first kappa shape index (κ1) is 17.4. The maximum absolute atomic E-state index is 12.6. The van der Waals surface area contributed by atoms with Crippen molar-refractivity contribution in [3.63, 3.8) is 0 Å². The van der Waals surface area contributed by atoms with Crippen molar-refractivity contribution in [2.24, 2.45) is 0 Å². The number of likely N-dealkylation sites (tertiary alicyclic amines) is 2. The van der Waals surface area contributed by atoms with Crippen molar-refractivity contribution in [3.05, 3.63) is 17.0 Å². The molecule has 0 atom stereocenters. The Bertz CT molecular complexity index is 536. The van der Waals surface area contributed by atoms with Crippen molar-refractivity contribution in [2.75, 3.05) is 33.3 Å². The fraction of sp³-hybridized carbons (Fsp3) is 0.778. The Hall–Kier alpha value is -1.40. The molecule has 24 heavy (non-hydrogen) atoms. The summed E-state index contributed by atoms with van der Waals surface area (Å²) in [7, 11) is 1.81. The van der Waals surface area contributed by atoms with Crippen LogP contribution in [0, 0.1) is 13.8 Å². The van der Waals surface area contributed by atoms with Crippen LogP contribution in [-0.4, -0.2) is 66.3 Å². The van der Waals surface area contributed by atoms with Crippen LogP contribution in [0.4, 0.5) is 0 Å². The average Bonchev–Trinajstić information content (AvgIpc) is 2.94. The minimum atomic E-state index is 0.195. The molecule has 0 N–H and O–H groups in total. The van der Waals surface area contributed by atoms with Crippen LogP contribution in [-0.2, 0) is 16.0 Å². The molecule has 0 aromatic carbocycles. The van der Waals surface area contributed by atoms with E-state index in [2.05, 4.69) is 10.1 Å². The molecule has 2 aliphatic heterocycles. The summed E-state index contributed by atoms with van der Waals surface area (Å²) in [4.78, 5) is 17.2. The van der Waals surface area contributed by atoms with Crippen LogP contribution in [0.2, 0.25) is 0 Å². The zero-order valence-corrected chi connectivity index (χ0v) is 15.1. The average molecular weight is 335 g/mol. The van der Waals surface area contributed by atoms with Gasteiger partial charge in [-0.25, -0.2) is 0 Å². The number of carbonyl (C=O) groups excluding carboxylic acids is 1. The van der Waals surface area contributed by atoms with E-state index in [1.165, 1.54) is 0 Å². The molecule has 0 bridgehead atoms. The molecule has 134 valence electrons. The molecular formula is C18H29N3O3. The Kier molecular flexibility index (Phi) is 5.56. The van der Waals surface area contributed by atoms with Gasteiger partial charge in [0.2, 0.25) is 5.91 Å². The second-order valence-corrected chi connectivity index (χ2v) is 7.06. The van der Waals surface area contributed by atoms with Crippen LogP contribution in [0.25, 0.3) is 0 Å². The Morgan fingerprint density at radius 1 is 1.17 bits per heavy atom. The van der Waals surface area contributed by atoms with Gasteiger partial charge in [0.05, 0.1) is 18.2 Å². The quantitative estimate of drug-likeness (QED) is 0.841. The molecule has 0 saturated carbocycles. The molecule has 3 rings (SSSR count). The molecule has 2 aliphatic rings. The Balaban J connectivity index is 1.47. The van der Waals surface area contributed by atoms with Gasteiger partial charge < -0.3 is 19.1 Å². The van der Waals surface area contributed by atoms with Gasteiger partial charge in [-0.15, -0.1) is 0 Å². The molecule has 3 heterocycles. The summed E-state index contributed by atoms with van der Waals surface area (Å²) in [5, 5.41) is 3.94. The van der Waals surface area contributed by atoms with E-state index >= 15 is 0 Å². The van der Waals surface area contributed by atoms with Gasteiger partial charge in [-0.3, -0.25) is 4.79 Å². The van der Waals surface area contributed by atoms with E-state index in [-0.39, 0.29) is 5.91 Å². The van der Waals surface area contributed by atoms with Crippen molar-refractivity contribution >= 4 is 5.91 Å². The highest BCUT2D eigenvalue weighted by Crippen LogP contribution is 2.23. The number of ether oxygens (including phenoxy) is 1. The molecule has 1 aromatic heterocycles. The van der Waals surface area contributed by atoms with E-state index in [0.717, 1.165) is 68.9 Å². The second-order valence-electron chi connectivity index (χ2n) is 7.06. The van der Waals surface area contributed by atoms with Crippen LogP contribution in [0.15, 0.2) is 4.52 Å². The number of aromatic nitrogens is 1. The number of hydrogen-bond donors (Lipinski definition) is 0. The molecule has 0 aliphatic carbocycles. The van der Waals surface area contributed by atoms with E-state index in [1.54, 1.807) is 0 Å². The summed E-state index contributed by atoms with van der Waals surface area (Å²) in [6.07, 6.45) is 5.24. The maximum atomic E-state index is 12.6. The summed E-state index contributed by atoms with van der Waals surface area (Å²) in [5.41, 5.74) is 1.78. The molecule has 1 aromatic rings. The summed E-state index contributed by atoms with van der Waals surface area (Å²) >= 11 is 0. The van der Waals surface area contributed by atoms with E-state index < -0.39 is 0 Å². The van der Waals surface area contributed by atoms with Gasteiger partial charge in [-0.1, -0.05) is 5.16 Å². The van der Waals surface area contributed by atoms with Crippen LogP contribution in [0.3, 0.4) is 0 Å². The van der Waals surface area contributed by atoms with Crippen molar-refractivity contribution in [1.29, 1.82) is 0 Å². The molecule has 6 heteroatoms. The zero-order chi connectivity index (χ0) is 17.1. The van der Waals surface area contributed by atoms with E-state index in [1.807, 2.05) is 25.9 Å². The van der Waals surface area contributed by atoms with Crippen LogP contribution >= 0.6 is 0 Å². The molecule has 0 unspecified atom stereocenters. The Morgan fingerprint density at radius 3 is 2.38 bits per heavy atom. The number of aryl methyl sites for hydroxylation is 2. The molecule has 6 nitrogen and oxygen atoms in total. The standard InChI is InChI=1S/C18H29N3O3/c1-13-17(14(2)24-19-13)12-18(22)21-8-4-15(5-9-21)20-10-6-16(23-3)7-11-20/h15-16H,4-12H2,1-3H3. The number of methoxy groups -OCH3 is 1. The van der Waals surface area contributed by atoms with E-state index in [9.17, 15) is 4.79 Å². The highest BCUT2D eigenvalue weighted by molar-refractivity contribution is 5.79. The third kappa shape index (κ3) is 3.81. The molecule has 1 amide bonds. The first-order valence-electron chi connectivity index (χ1n) is 9.05. The first-order valence-corrected chi connectivity index (χ1v) is 9.05. The van der Waals surface area contributed by atoms with Gasteiger partial charge in [-0.05, 0) is 39.5 Å². The van der Waals surface area contributed by atoms with Gasteiger partial charge in [0.1, 0.15) is 5.76 Å². The number of carbonyl (C=O) groups is 1. The van der Waals surface area contributed by atoms with Crippen molar-refractivity contribution in [3.8, 4) is 0 Å². The van der Waals surface area contributed by atoms with Crippen molar-refractivity contribution in [1.82, 2.24) is 15.0 Å². The number of amides is 1. The van der Waals surface area contributed by atoms with Gasteiger partial charge in [0, 0.05) is 44.9 Å². The largest absolute Gasteiger partial charge is 0.381 e. The Labute approximate surface area is 144 Å². The number of rotatable bonds is 4. The lowest BCUT2D eigenvalue weighted by Crippen LogP contribution is -2.50. The normalized spacial score (nSPS) is 21.4. The van der Waals surface area contributed by atoms with E-state index in [0.29, 0.717) is 18.6 Å². The Morgan fingerprint density at radius 2 is 1.83 bits per heavy atom.